The van der Waals surface area contributed by atoms with E-state index in [1.807, 2.05) is 0 Å². The Morgan fingerprint density at radius 1 is 1.22 bits per heavy atom. The SMILES string of the molecule is CC1CC(Nc2nc(NC3CCC(O)CC3)ncc2C(N)=O)C1. The van der Waals surface area contributed by atoms with E-state index in [4.69, 9.17) is 5.73 Å². The molecule has 23 heavy (non-hydrogen) atoms. The average Bonchev–Trinajstić information content (AvgIpc) is 2.48. The summed E-state index contributed by atoms with van der Waals surface area (Å²) < 4.78 is 0. The molecule has 0 spiro atoms. The van der Waals surface area contributed by atoms with E-state index < -0.39 is 5.91 Å². The Morgan fingerprint density at radius 2 is 1.91 bits per heavy atom. The molecule has 1 heterocycles. The number of nitrogens with one attached hydrogen (secondary N) is 2. The van der Waals surface area contributed by atoms with Gasteiger partial charge in [0, 0.05) is 18.3 Å². The van der Waals surface area contributed by atoms with Crippen LogP contribution in [0.5, 0.6) is 0 Å². The molecule has 1 aromatic rings. The molecular weight excluding hydrogens is 294 g/mol. The second-order valence-electron chi connectivity index (χ2n) is 6.89. The minimum absolute atomic E-state index is 0.191. The van der Waals surface area contributed by atoms with Crippen molar-refractivity contribution in [2.24, 2.45) is 11.7 Å². The summed E-state index contributed by atoms with van der Waals surface area (Å²) in [7, 11) is 0. The minimum Gasteiger partial charge on any atom is -0.393 e. The molecule has 0 radical (unpaired) electrons. The summed E-state index contributed by atoms with van der Waals surface area (Å²) in [6, 6.07) is 0.602. The van der Waals surface area contributed by atoms with Gasteiger partial charge >= 0.3 is 0 Å². The van der Waals surface area contributed by atoms with Crippen LogP contribution in [-0.4, -0.2) is 39.2 Å². The first-order chi connectivity index (χ1) is 11.0. The molecule has 3 rings (SSSR count). The Labute approximate surface area is 136 Å². The number of nitrogens with two attached hydrogens (primary N) is 1. The minimum atomic E-state index is -0.521. The van der Waals surface area contributed by atoms with Crippen molar-refractivity contribution >= 4 is 17.7 Å². The second kappa shape index (κ2) is 6.70. The topological polar surface area (TPSA) is 113 Å². The predicted octanol–water partition coefficient (Wildman–Crippen LogP) is 1.50. The fourth-order valence-corrected chi connectivity index (χ4v) is 3.36. The van der Waals surface area contributed by atoms with Gasteiger partial charge in [-0.05, 0) is 44.4 Å². The molecule has 1 amide bonds. The highest BCUT2D eigenvalue weighted by molar-refractivity contribution is 5.97. The van der Waals surface area contributed by atoms with E-state index in [0.717, 1.165) is 38.5 Å². The van der Waals surface area contributed by atoms with E-state index in [0.29, 0.717) is 29.3 Å². The van der Waals surface area contributed by atoms with Crippen molar-refractivity contribution < 1.29 is 9.90 Å². The zero-order chi connectivity index (χ0) is 16.4. The van der Waals surface area contributed by atoms with E-state index in [2.05, 4.69) is 27.5 Å². The maximum absolute atomic E-state index is 11.6. The van der Waals surface area contributed by atoms with Crippen molar-refractivity contribution in [1.29, 1.82) is 0 Å². The summed E-state index contributed by atoms with van der Waals surface area (Å²) >= 11 is 0. The standard InChI is InChI=1S/C16H25N5O2/c1-9-6-11(7-9)19-15-13(14(17)23)8-18-16(21-15)20-10-2-4-12(22)5-3-10/h8-12,22H,2-7H2,1H3,(H2,17,23)(H2,18,19,20,21). The van der Waals surface area contributed by atoms with Gasteiger partial charge in [-0.2, -0.15) is 4.98 Å². The number of hydrogen-bond donors (Lipinski definition) is 4. The van der Waals surface area contributed by atoms with Gasteiger partial charge < -0.3 is 21.5 Å². The molecule has 2 aliphatic rings. The number of carbonyl (C=O) groups excluding carboxylic acids is 1. The third-order valence-corrected chi connectivity index (χ3v) is 4.80. The Bertz CT molecular complexity index is 566. The molecule has 7 heteroatoms. The molecule has 0 saturated heterocycles. The molecule has 2 fully saturated rings. The Morgan fingerprint density at radius 3 is 2.52 bits per heavy atom. The lowest BCUT2D eigenvalue weighted by molar-refractivity contribution is 0.1000. The Kier molecular flexibility index (Phi) is 4.66. The molecule has 5 N–H and O–H groups in total. The second-order valence-corrected chi connectivity index (χ2v) is 6.89. The van der Waals surface area contributed by atoms with Gasteiger partial charge in [0.25, 0.3) is 5.91 Å². The predicted molar refractivity (Wildman–Crippen MR) is 88.2 cm³/mol. The van der Waals surface area contributed by atoms with Crippen LogP contribution < -0.4 is 16.4 Å². The summed E-state index contributed by atoms with van der Waals surface area (Å²) in [6.45, 7) is 2.21. The highest BCUT2D eigenvalue weighted by Crippen LogP contribution is 2.30. The summed E-state index contributed by atoms with van der Waals surface area (Å²) in [5, 5.41) is 16.2. The Hall–Kier alpha value is -1.89. The van der Waals surface area contributed by atoms with Gasteiger partial charge in [0.05, 0.1) is 11.7 Å². The molecule has 0 bridgehead atoms. The number of aliphatic hydroxyl groups is 1. The van der Waals surface area contributed by atoms with Crippen molar-refractivity contribution in [2.45, 2.75) is 63.6 Å². The molecule has 1 aromatic heterocycles. The quantitative estimate of drug-likeness (QED) is 0.654. The van der Waals surface area contributed by atoms with Crippen LogP contribution in [0, 0.1) is 5.92 Å². The number of aliphatic hydroxyl groups excluding tert-OH is 1. The zero-order valence-corrected chi connectivity index (χ0v) is 13.5. The fourth-order valence-electron chi connectivity index (χ4n) is 3.36. The van der Waals surface area contributed by atoms with Crippen LogP contribution in [-0.2, 0) is 0 Å². The molecule has 0 aliphatic heterocycles. The highest BCUT2D eigenvalue weighted by atomic mass is 16.3. The first-order valence-corrected chi connectivity index (χ1v) is 8.39. The van der Waals surface area contributed by atoms with Crippen LogP contribution in [0.4, 0.5) is 11.8 Å². The number of anilines is 2. The van der Waals surface area contributed by atoms with E-state index >= 15 is 0 Å². The summed E-state index contributed by atoms with van der Waals surface area (Å²) in [4.78, 5) is 20.2. The van der Waals surface area contributed by atoms with Crippen molar-refractivity contribution in [2.75, 3.05) is 10.6 Å². The molecule has 2 aliphatic carbocycles. The maximum Gasteiger partial charge on any atom is 0.254 e. The lowest BCUT2D eigenvalue weighted by Crippen LogP contribution is -2.35. The summed E-state index contributed by atoms with van der Waals surface area (Å²) in [6.07, 6.45) is 6.82. The molecule has 7 nitrogen and oxygen atoms in total. The van der Waals surface area contributed by atoms with Crippen LogP contribution in [0.2, 0.25) is 0 Å². The van der Waals surface area contributed by atoms with Gasteiger partial charge in [-0.3, -0.25) is 4.79 Å². The molecule has 2 saturated carbocycles. The largest absolute Gasteiger partial charge is 0.393 e. The maximum atomic E-state index is 11.6. The number of hydrogen-bond acceptors (Lipinski definition) is 6. The fraction of sp³-hybridized carbons (Fsp3) is 0.688. The van der Waals surface area contributed by atoms with Crippen LogP contribution in [0.1, 0.15) is 55.8 Å². The van der Waals surface area contributed by atoms with Crippen LogP contribution in [0.15, 0.2) is 6.20 Å². The normalized spacial score (nSPS) is 30.3. The summed E-state index contributed by atoms with van der Waals surface area (Å²) in [5.41, 5.74) is 5.75. The number of nitrogens with zero attached hydrogens (tertiary/aromatic N) is 2. The van der Waals surface area contributed by atoms with Gasteiger partial charge in [-0.15, -0.1) is 0 Å². The number of primary amides is 1. The van der Waals surface area contributed by atoms with Crippen LogP contribution in [0.25, 0.3) is 0 Å². The zero-order valence-electron chi connectivity index (χ0n) is 13.5. The number of aromatic nitrogens is 2. The van der Waals surface area contributed by atoms with Gasteiger partial charge in [-0.1, -0.05) is 6.92 Å². The van der Waals surface area contributed by atoms with E-state index in [9.17, 15) is 9.90 Å². The van der Waals surface area contributed by atoms with Crippen LogP contribution in [0.3, 0.4) is 0 Å². The number of rotatable bonds is 5. The lowest BCUT2D eigenvalue weighted by atomic mass is 9.82. The highest BCUT2D eigenvalue weighted by Gasteiger charge is 2.27. The third-order valence-electron chi connectivity index (χ3n) is 4.80. The first kappa shape index (κ1) is 16.0. The first-order valence-electron chi connectivity index (χ1n) is 8.39. The molecule has 126 valence electrons. The molecular formula is C16H25N5O2. The van der Waals surface area contributed by atoms with Crippen molar-refractivity contribution in [3.05, 3.63) is 11.8 Å². The lowest BCUT2D eigenvalue weighted by Gasteiger charge is -2.34. The number of amides is 1. The van der Waals surface area contributed by atoms with Crippen molar-refractivity contribution in [1.82, 2.24) is 9.97 Å². The molecule has 0 unspecified atom stereocenters. The smallest absolute Gasteiger partial charge is 0.254 e. The van der Waals surface area contributed by atoms with E-state index in [-0.39, 0.29) is 12.1 Å². The Balaban J connectivity index is 1.69. The van der Waals surface area contributed by atoms with Gasteiger partial charge in [0.1, 0.15) is 5.82 Å². The van der Waals surface area contributed by atoms with Crippen LogP contribution >= 0.6 is 0 Å². The molecule has 0 aromatic carbocycles. The third kappa shape index (κ3) is 3.90. The number of carbonyl (C=O) groups is 1. The van der Waals surface area contributed by atoms with Crippen molar-refractivity contribution in [3.8, 4) is 0 Å². The average molecular weight is 319 g/mol. The van der Waals surface area contributed by atoms with Gasteiger partial charge in [0.2, 0.25) is 5.95 Å². The van der Waals surface area contributed by atoms with Gasteiger partial charge in [0.15, 0.2) is 0 Å². The van der Waals surface area contributed by atoms with E-state index in [1.165, 1.54) is 6.20 Å². The van der Waals surface area contributed by atoms with E-state index in [1.54, 1.807) is 0 Å². The monoisotopic (exact) mass is 319 g/mol. The van der Waals surface area contributed by atoms with Gasteiger partial charge in [-0.25, -0.2) is 4.98 Å². The molecule has 0 atom stereocenters. The summed E-state index contributed by atoms with van der Waals surface area (Å²) in [5.74, 6) is 1.21. The van der Waals surface area contributed by atoms with Crippen molar-refractivity contribution in [3.63, 3.8) is 0 Å².